The van der Waals surface area contributed by atoms with Crippen molar-refractivity contribution < 1.29 is 9.59 Å². The normalized spacial score (nSPS) is 15.1. The van der Waals surface area contributed by atoms with E-state index in [2.05, 4.69) is 11.4 Å². The molecule has 1 atom stereocenters. The quantitative estimate of drug-likeness (QED) is 0.763. The van der Waals surface area contributed by atoms with Crippen LogP contribution in [0.25, 0.3) is 0 Å². The van der Waals surface area contributed by atoms with Gasteiger partial charge in [0.1, 0.15) is 6.04 Å². The van der Waals surface area contributed by atoms with E-state index in [0.717, 1.165) is 29.5 Å². The third kappa shape index (κ3) is 5.93. The van der Waals surface area contributed by atoms with Gasteiger partial charge in [-0.25, -0.2) is 0 Å². The van der Waals surface area contributed by atoms with Crippen LogP contribution in [0, 0.1) is 13.8 Å². The molecule has 0 aliphatic heterocycles. The molecular formula is C25H32N2O2. The number of amides is 2. The van der Waals surface area contributed by atoms with Gasteiger partial charge in [0.15, 0.2) is 0 Å². The maximum Gasteiger partial charge on any atom is 0.242 e. The SMILES string of the molecule is Cc1ccc(CC(=O)N(Cc2cccc(C)c2)[C@@H](C)C(=O)NC2CCCC2)cc1. The Kier molecular flexibility index (Phi) is 7.08. The van der Waals surface area contributed by atoms with Gasteiger partial charge in [0.05, 0.1) is 6.42 Å². The predicted octanol–water partition coefficient (Wildman–Crippen LogP) is 4.32. The van der Waals surface area contributed by atoms with Gasteiger partial charge in [-0.05, 0) is 44.7 Å². The summed E-state index contributed by atoms with van der Waals surface area (Å²) in [6.07, 6.45) is 4.70. The summed E-state index contributed by atoms with van der Waals surface area (Å²) in [5.41, 5.74) is 4.33. The van der Waals surface area contributed by atoms with E-state index in [1.165, 1.54) is 18.4 Å². The maximum atomic E-state index is 13.2. The average Bonchev–Trinajstić information content (AvgIpc) is 3.20. The zero-order chi connectivity index (χ0) is 20.8. The molecule has 4 heteroatoms. The van der Waals surface area contributed by atoms with Crippen molar-refractivity contribution >= 4 is 11.8 Å². The molecule has 29 heavy (non-hydrogen) atoms. The molecule has 0 radical (unpaired) electrons. The molecule has 0 aromatic heterocycles. The van der Waals surface area contributed by atoms with E-state index in [-0.39, 0.29) is 17.9 Å². The van der Waals surface area contributed by atoms with E-state index >= 15 is 0 Å². The summed E-state index contributed by atoms with van der Waals surface area (Å²) in [4.78, 5) is 27.8. The van der Waals surface area contributed by atoms with E-state index < -0.39 is 6.04 Å². The highest BCUT2D eigenvalue weighted by Gasteiger charge is 2.28. The van der Waals surface area contributed by atoms with Gasteiger partial charge in [-0.15, -0.1) is 0 Å². The number of benzene rings is 2. The molecule has 3 rings (SSSR count). The number of carbonyl (C=O) groups excluding carboxylic acids is 2. The van der Waals surface area contributed by atoms with E-state index in [1.54, 1.807) is 4.90 Å². The molecule has 1 N–H and O–H groups in total. The number of carbonyl (C=O) groups is 2. The Morgan fingerprint density at radius 3 is 2.34 bits per heavy atom. The number of hydrogen-bond donors (Lipinski definition) is 1. The molecule has 2 amide bonds. The molecule has 1 aliphatic rings. The van der Waals surface area contributed by atoms with Crippen molar-refractivity contribution in [3.63, 3.8) is 0 Å². The molecule has 0 bridgehead atoms. The Balaban J connectivity index is 1.76. The van der Waals surface area contributed by atoms with Crippen molar-refractivity contribution in [1.82, 2.24) is 10.2 Å². The van der Waals surface area contributed by atoms with Gasteiger partial charge >= 0.3 is 0 Å². The lowest BCUT2D eigenvalue weighted by atomic mass is 10.1. The molecule has 4 nitrogen and oxygen atoms in total. The van der Waals surface area contributed by atoms with Crippen LogP contribution in [0.4, 0.5) is 0 Å². The number of nitrogens with one attached hydrogen (secondary N) is 1. The molecule has 154 valence electrons. The topological polar surface area (TPSA) is 49.4 Å². The minimum atomic E-state index is -0.505. The van der Waals surface area contributed by atoms with Crippen molar-refractivity contribution in [3.8, 4) is 0 Å². The summed E-state index contributed by atoms with van der Waals surface area (Å²) in [6, 6.07) is 15.9. The minimum Gasteiger partial charge on any atom is -0.352 e. The van der Waals surface area contributed by atoms with E-state index in [1.807, 2.05) is 63.2 Å². The lowest BCUT2D eigenvalue weighted by Gasteiger charge is -2.30. The van der Waals surface area contributed by atoms with Crippen LogP contribution in [0.1, 0.15) is 54.9 Å². The van der Waals surface area contributed by atoms with Crippen LogP contribution in [0.2, 0.25) is 0 Å². The van der Waals surface area contributed by atoms with Crippen LogP contribution in [-0.2, 0) is 22.6 Å². The lowest BCUT2D eigenvalue weighted by Crippen LogP contribution is -2.50. The highest BCUT2D eigenvalue weighted by Crippen LogP contribution is 2.19. The fraction of sp³-hybridized carbons (Fsp3) is 0.440. The first-order chi connectivity index (χ1) is 13.9. The van der Waals surface area contributed by atoms with Crippen LogP contribution < -0.4 is 5.32 Å². The molecule has 2 aromatic carbocycles. The van der Waals surface area contributed by atoms with Gasteiger partial charge in [0, 0.05) is 12.6 Å². The first-order valence-electron chi connectivity index (χ1n) is 10.6. The third-order valence-corrected chi connectivity index (χ3v) is 5.78. The summed E-state index contributed by atoms with van der Waals surface area (Å²) in [7, 11) is 0. The summed E-state index contributed by atoms with van der Waals surface area (Å²) >= 11 is 0. The molecule has 1 saturated carbocycles. The fourth-order valence-corrected chi connectivity index (χ4v) is 3.96. The molecule has 2 aromatic rings. The number of hydrogen-bond acceptors (Lipinski definition) is 2. The van der Waals surface area contributed by atoms with Crippen LogP contribution in [0.15, 0.2) is 48.5 Å². The molecule has 0 heterocycles. The number of nitrogens with zero attached hydrogens (tertiary/aromatic N) is 1. The van der Waals surface area contributed by atoms with Crippen LogP contribution >= 0.6 is 0 Å². The summed E-state index contributed by atoms with van der Waals surface area (Å²) < 4.78 is 0. The van der Waals surface area contributed by atoms with E-state index in [4.69, 9.17) is 0 Å². The predicted molar refractivity (Wildman–Crippen MR) is 116 cm³/mol. The Hall–Kier alpha value is -2.62. The molecule has 0 saturated heterocycles. The van der Waals surface area contributed by atoms with Crippen LogP contribution in [-0.4, -0.2) is 28.8 Å². The van der Waals surface area contributed by atoms with E-state index in [0.29, 0.717) is 13.0 Å². The van der Waals surface area contributed by atoms with Crippen molar-refractivity contribution in [2.45, 2.75) is 71.5 Å². The number of aryl methyl sites for hydroxylation is 2. The Labute approximate surface area is 174 Å². The van der Waals surface area contributed by atoms with Crippen LogP contribution in [0.5, 0.6) is 0 Å². The second-order valence-corrected chi connectivity index (χ2v) is 8.34. The van der Waals surface area contributed by atoms with E-state index in [9.17, 15) is 9.59 Å². The maximum absolute atomic E-state index is 13.2. The molecule has 0 unspecified atom stereocenters. The summed E-state index contributed by atoms with van der Waals surface area (Å²) in [6.45, 7) is 6.35. The van der Waals surface area contributed by atoms with Crippen molar-refractivity contribution in [1.29, 1.82) is 0 Å². The monoisotopic (exact) mass is 392 g/mol. The average molecular weight is 393 g/mol. The lowest BCUT2D eigenvalue weighted by molar-refractivity contribution is -0.140. The standard InChI is InChI=1S/C25H32N2O2/c1-18-11-13-21(14-12-18)16-24(28)27(17-22-8-6-7-19(2)15-22)20(3)25(29)26-23-9-4-5-10-23/h6-8,11-15,20,23H,4-5,9-10,16-17H2,1-3H3,(H,26,29)/t20-/m0/s1. The van der Waals surface area contributed by atoms with Gasteiger partial charge in [-0.2, -0.15) is 0 Å². The molecule has 1 aliphatic carbocycles. The third-order valence-electron chi connectivity index (χ3n) is 5.78. The van der Waals surface area contributed by atoms with Crippen molar-refractivity contribution in [2.75, 3.05) is 0 Å². The Morgan fingerprint density at radius 1 is 1.00 bits per heavy atom. The molecular weight excluding hydrogens is 360 g/mol. The second-order valence-electron chi connectivity index (χ2n) is 8.34. The van der Waals surface area contributed by atoms with Gasteiger partial charge < -0.3 is 10.2 Å². The Morgan fingerprint density at radius 2 is 1.69 bits per heavy atom. The largest absolute Gasteiger partial charge is 0.352 e. The smallest absolute Gasteiger partial charge is 0.242 e. The second kappa shape index (κ2) is 9.73. The molecule has 1 fully saturated rings. The number of rotatable bonds is 7. The first kappa shape index (κ1) is 21.1. The summed E-state index contributed by atoms with van der Waals surface area (Å²) in [5, 5.41) is 3.15. The zero-order valence-electron chi connectivity index (χ0n) is 17.8. The van der Waals surface area contributed by atoms with Crippen molar-refractivity contribution in [3.05, 3.63) is 70.8 Å². The van der Waals surface area contributed by atoms with Crippen molar-refractivity contribution in [2.24, 2.45) is 0 Å². The van der Waals surface area contributed by atoms with Gasteiger partial charge in [0.25, 0.3) is 0 Å². The van der Waals surface area contributed by atoms with Gasteiger partial charge in [-0.1, -0.05) is 72.5 Å². The fourth-order valence-electron chi connectivity index (χ4n) is 3.96. The minimum absolute atomic E-state index is 0.0237. The molecule has 0 spiro atoms. The highest BCUT2D eigenvalue weighted by atomic mass is 16.2. The first-order valence-corrected chi connectivity index (χ1v) is 10.6. The van der Waals surface area contributed by atoms with Crippen LogP contribution in [0.3, 0.4) is 0 Å². The zero-order valence-corrected chi connectivity index (χ0v) is 17.8. The van der Waals surface area contributed by atoms with Gasteiger partial charge in [-0.3, -0.25) is 9.59 Å². The highest BCUT2D eigenvalue weighted by molar-refractivity contribution is 5.88. The van der Waals surface area contributed by atoms with Gasteiger partial charge in [0.2, 0.25) is 11.8 Å². The Bertz CT molecular complexity index is 838. The summed E-state index contributed by atoms with van der Waals surface area (Å²) in [5.74, 6) is -0.0776.